The molecule has 0 fully saturated rings. The van der Waals surface area contributed by atoms with Crippen LogP contribution in [0.5, 0.6) is 0 Å². The average Bonchev–Trinajstić information content (AvgIpc) is 2.85. The number of sulfonamides is 1. The van der Waals surface area contributed by atoms with Crippen molar-refractivity contribution in [3.05, 3.63) is 34.9 Å². The first-order chi connectivity index (χ1) is 9.03. The fraction of sp³-hybridized carbons (Fsp3) is 0.250. The average molecular weight is 300 g/mol. The van der Waals surface area contributed by atoms with Gasteiger partial charge in [0, 0.05) is 10.9 Å². The molecule has 1 aromatic carbocycles. The third-order valence-corrected chi connectivity index (χ3v) is 4.51. The number of benzene rings is 1. The van der Waals surface area contributed by atoms with Crippen molar-refractivity contribution in [3.8, 4) is 11.3 Å². The molecule has 102 valence electrons. The van der Waals surface area contributed by atoms with Crippen LogP contribution < -0.4 is 4.72 Å². The lowest BCUT2D eigenvalue weighted by molar-refractivity contribution is 0.597. The summed E-state index contributed by atoms with van der Waals surface area (Å²) in [4.78, 5) is 4.02. The molecule has 1 heterocycles. The summed E-state index contributed by atoms with van der Waals surface area (Å²) < 4.78 is 39.8. The Kier molecular flexibility index (Phi) is 4.16. The molecule has 0 aliphatic carbocycles. The Hall–Kier alpha value is -1.47. The molecule has 0 aliphatic rings. The van der Waals surface area contributed by atoms with E-state index in [0.717, 1.165) is 0 Å². The number of nitrogens with zero attached hydrogens (tertiary/aromatic N) is 1. The molecule has 1 aromatic heterocycles. The van der Waals surface area contributed by atoms with Crippen molar-refractivity contribution < 1.29 is 12.8 Å². The molecular formula is C12H13FN2O2S2. The highest BCUT2D eigenvalue weighted by molar-refractivity contribution is 7.92. The van der Waals surface area contributed by atoms with Gasteiger partial charge in [0.1, 0.15) is 0 Å². The summed E-state index contributed by atoms with van der Waals surface area (Å²) in [6.07, 6.45) is 0.475. The summed E-state index contributed by atoms with van der Waals surface area (Å²) in [5.74, 6) is -0.638. The Morgan fingerprint density at radius 2 is 2.21 bits per heavy atom. The molecule has 4 nitrogen and oxygen atoms in total. The van der Waals surface area contributed by atoms with Gasteiger partial charge in [0.2, 0.25) is 10.0 Å². The third-order valence-electron chi connectivity index (χ3n) is 2.45. The summed E-state index contributed by atoms with van der Waals surface area (Å²) in [7, 11) is -3.50. The minimum absolute atomic E-state index is 0.0344. The number of anilines is 1. The van der Waals surface area contributed by atoms with Crippen LogP contribution in [-0.4, -0.2) is 19.2 Å². The largest absolute Gasteiger partial charge is 0.281 e. The zero-order valence-electron chi connectivity index (χ0n) is 10.3. The van der Waals surface area contributed by atoms with E-state index in [0.29, 0.717) is 12.1 Å². The van der Waals surface area contributed by atoms with E-state index in [-0.39, 0.29) is 17.0 Å². The number of thiazole rings is 1. The minimum atomic E-state index is -3.50. The van der Waals surface area contributed by atoms with Crippen molar-refractivity contribution in [2.24, 2.45) is 0 Å². The van der Waals surface area contributed by atoms with Crippen LogP contribution in [0.15, 0.2) is 29.1 Å². The van der Waals surface area contributed by atoms with Crippen molar-refractivity contribution in [3.63, 3.8) is 0 Å². The second-order valence-corrected chi connectivity index (χ2v) is 6.52. The molecule has 0 radical (unpaired) electrons. The Morgan fingerprint density at radius 3 is 2.84 bits per heavy atom. The van der Waals surface area contributed by atoms with Gasteiger partial charge in [-0.15, -0.1) is 11.3 Å². The standard InChI is InChI=1S/C12H13FN2O2S2/c1-2-6-19(16,17)15-10-5-3-4-9(12(10)13)11-7-18-8-14-11/h3-5,7-8,15H,2,6H2,1H3. The molecule has 0 spiro atoms. The van der Waals surface area contributed by atoms with Gasteiger partial charge in [-0.25, -0.2) is 17.8 Å². The summed E-state index contributed by atoms with van der Waals surface area (Å²) in [6, 6.07) is 4.57. The molecule has 0 aliphatic heterocycles. The first kappa shape index (κ1) is 14.0. The maximum atomic E-state index is 14.2. The van der Waals surface area contributed by atoms with E-state index < -0.39 is 15.8 Å². The molecule has 1 N–H and O–H groups in total. The van der Waals surface area contributed by atoms with Crippen LogP contribution in [0.4, 0.5) is 10.1 Å². The van der Waals surface area contributed by atoms with Gasteiger partial charge in [-0.05, 0) is 18.6 Å². The number of aromatic nitrogens is 1. The Bertz CT molecular complexity index is 654. The van der Waals surface area contributed by atoms with E-state index in [9.17, 15) is 12.8 Å². The molecule has 2 rings (SSSR count). The van der Waals surface area contributed by atoms with Gasteiger partial charge < -0.3 is 0 Å². The molecule has 0 atom stereocenters. The molecule has 0 amide bonds. The van der Waals surface area contributed by atoms with Crippen molar-refractivity contribution in [2.75, 3.05) is 10.5 Å². The van der Waals surface area contributed by atoms with E-state index >= 15 is 0 Å². The fourth-order valence-electron chi connectivity index (χ4n) is 1.64. The number of hydrogen-bond donors (Lipinski definition) is 1. The molecule has 0 saturated carbocycles. The van der Waals surface area contributed by atoms with Crippen LogP contribution in [0.25, 0.3) is 11.3 Å². The van der Waals surface area contributed by atoms with Gasteiger partial charge in [0.15, 0.2) is 5.82 Å². The zero-order valence-corrected chi connectivity index (χ0v) is 11.9. The van der Waals surface area contributed by atoms with Gasteiger partial charge in [0.05, 0.1) is 22.6 Å². The second kappa shape index (κ2) is 5.66. The topological polar surface area (TPSA) is 59.1 Å². The lowest BCUT2D eigenvalue weighted by atomic mass is 10.1. The predicted molar refractivity (Wildman–Crippen MR) is 75.2 cm³/mol. The Labute approximate surface area is 115 Å². The van der Waals surface area contributed by atoms with Gasteiger partial charge in [0.25, 0.3) is 0 Å². The van der Waals surface area contributed by atoms with Crippen molar-refractivity contribution >= 4 is 27.0 Å². The second-order valence-electron chi connectivity index (χ2n) is 3.96. The van der Waals surface area contributed by atoms with E-state index in [1.54, 1.807) is 29.9 Å². The minimum Gasteiger partial charge on any atom is -0.281 e. The molecule has 7 heteroatoms. The zero-order chi connectivity index (χ0) is 13.9. The molecule has 2 aromatic rings. The number of halogens is 1. The molecule has 0 unspecified atom stereocenters. The smallest absolute Gasteiger partial charge is 0.232 e. The van der Waals surface area contributed by atoms with Gasteiger partial charge in [-0.1, -0.05) is 13.0 Å². The van der Waals surface area contributed by atoms with Crippen LogP contribution in [-0.2, 0) is 10.0 Å². The highest BCUT2D eigenvalue weighted by atomic mass is 32.2. The Balaban J connectivity index is 2.36. The highest BCUT2D eigenvalue weighted by Gasteiger charge is 2.15. The quantitative estimate of drug-likeness (QED) is 0.923. The lowest BCUT2D eigenvalue weighted by Gasteiger charge is -2.09. The van der Waals surface area contributed by atoms with Crippen LogP contribution >= 0.6 is 11.3 Å². The van der Waals surface area contributed by atoms with Crippen molar-refractivity contribution in [2.45, 2.75) is 13.3 Å². The number of rotatable bonds is 5. The molecule has 19 heavy (non-hydrogen) atoms. The Morgan fingerprint density at radius 1 is 1.42 bits per heavy atom. The predicted octanol–water partition coefficient (Wildman–Crippen LogP) is 3.10. The maximum Gasteiger partial charge on any atom is 0.232 e. The molecular weight excluding hydrogens is 287 g/mol. The number of hydrogen-bond acceptors (Lipinski definition) is 4. The van der Waals surface area contributed by atoms with E-state index in [2.05, 4.69) is 9.71 Å². The van der Waals surface area contributed by atoms with Crippen LogP contribution in [0.3, 0.4) is 0 Å². The van der Waals surface area contributed by atoms with Gasteiger partial charge in [-0.3, -0.25) is 4.72 Å². The van der Waals surface area contributed by atoms with Crippen LogP contribution in [0.1, 0.15) is 13.3 Å². The summed E-state index contributed by atoms with van der Waals surface area (Å²) in [5, 5.41) is 1.71. The summed E-state index contributed by atoms with van der Waals surface area (Å²) >= 11 is 1.35. The van der Waals surface area contributed by atoms with Crippen molar-refractivity contribution in [1.29, 1.82) is 0 Å². The van der Waals surface area contributed by atoms with E-state index in [1.165, 1.54) is 17.4 Å². The van der Waals surface area contributed by atoms with Crippen molar-refractivity contribution in [1.82, 2.24) is 4.98 Å². The van der Waals surface area contributed by atoms with Crippen LogP contribution in [0.2, 0.25) is 0 Å². The molecule has 0 bridgehead atoms. The SMILES string of the molecule is CCCS(=O)(=O)Nc1cccc(-c2cscn2)c1F. The monoisotopic (exact) mass is 300 g/mol. The highest BCUT2D eigenvalue weighted by Crippen LogP contribution is 2.27. The van der Waals surface area contributed by atoms with Crippen LogP contribution in [0, 0.1) is 5.82 Å². The van der Waals surface area contributed by atoms with Gasteiger partial charge in [-0.2, -0.15) is 0 Å². The normalized spacial score (nSPS) is 11.5. The first-order valence-corrected chi connectivity index (χ1v) is 8.30. The summed E-state index contributed by atoms with van der Waals surface area (Å²) in [6.45, 7) is 1.75. The first-order valence-electron chi connectivity index (χ1n) is 5.71. The maximum absolute atomic E-state index is 14.2. The van der Waals surface area contributed by atoms with E-state index in [1.807, 2.05) is 0 Å². The molecule has 0 saturated heterocycles. The van der Waals surface area contributed by atoms with E-state index in [4.69, 9.17) is 0 Å². The van der Waals surface area contributed by atoms with Gasteiger partial charge >= 0.3 is 0 Å². The summed E-state index contributed by atoms with van der Waals surface area (Å²) in [5.41, 5.74) is 2.35. The lowest BCUT2D eigenvalue weighted by Crippen LogP contribution is -2.17. The fourth-order valence-corrected chi connectivity index (χ4v) is 3.33. The third kappa shape index (κ3) is 3.30. The number of nitrogens with one attached hydrogen (secondary N) is 1.